The standard InChI is InChI=1S/C32H41NO5/c1-2-3-19-33-28-27(20-34)30(36-21-24-13-7-4-8-14-24)32(38-23-26-17-11-6-12-18-26)31(29(28)35)37-22-25-15-9-5-10-16-25/h4-18,27-35H,2-3,19-23H2,1H3/t27-,28+,29-,30-,31+,32+/m1/s1. The molecule has 6 nitrogen and oxygen atoms in total. The van der Waals surface area contributed by atoms with Crippen LogP contribution in [0.5, 0.6) is 0 Å². The first-order valence-corrected chi connectivity index (χ1v) is 13.7. The molecule has 1 saturated carbocycles. The van der Waals surface area contributed by atoms with E-state index in [1.54, 1.807) is 0 Å². The number of aliphatic hydroxyl groups is 2. The number of hydrogen-bond donors (Lipinski definition) is 3. The van der Waals surface area contributed by atoms with Gasteiger partial charge < -0.3 is 29.7 Å². The third-order valence-electron chi connectivity index (χ3n) is 7.21. The van der Waals surface area contributed by atoms with E-state index in [0.29, 0.717) is 19.8 Å². The molecule has 0 saturated heterocycles. The highest BCUT2D eigenvalue weighted by Crippen LogP contribution is 2.34. The van der Waals surface area contributed by atoms with Gasteiger partial charge in [-0.25, -0.2) is 0 Å². The van der Waals surface area contributed by atoms with E-state index in [2.05, 4.69) is 12.2 Å². The van der Waals surface area contributed by atoms with Crippen molar-refractivity contribution in [2.75, 3.05) is 13.2 Å². The van der Waals surface area contributed by atoms with E-state index in [9.17, 15) is 10.2 Å². The average Bonchev–Trinajstić information content (AvgIpc) is 2.97. The topological polar surface area (TPSA) is 80.2 Å². The Morgan fingerprint density at radius 3 is 1.55 bits per heavy atom. The van der Waals surface area contributed by atoms with E-state index >= 15 is 0 Å². The smallest absolute Gasteiger partial charge is 0.114 e. The Balaban J connectivity index is 1.62. The van der Waals surface area contributed by atoms with Gasteiger partial charge in [-0.2, -0.15) is 0 Å². The van der Waals surface area contributed by atoms with Gasteiger partial charge in [0, 0.05) is 12.0 Å². The van der Waals surface area contributed by atoms with Crippen LogP contribution in [0, 0.1) is 5.92 Å². The third kappa shape index (κ3) is 7.73. The molecule has 1 aliphatic carbocycles. The zero-order chi connectivity index (χ0) is 26.6. The van der Waals surface area contributed by atoms with Gasteiger partial charge in [0.1, 0.15) is 12.2 Å². The molecule has 204 valence electrons. The predicted octanol–water partition coefficient (Wildman–Crippen LogP) is 4.48. The Labute approximate surface area is 226 Å². The fourth-order valence-corrected chi connectivity index (χ4v) is 5.12. The first kappa shape index (κ1) is 28.4. The average molecular weight is 520 g/mol. The van der Waals surface area contributed by atoms with Crippen LogP contribution in [-0.2, 0) is 34.0 Å². The van der Waals surface area contributed by atoms with Crippen LogP contribution in [0.4, 0.5) is 0 Å². The Bertz CT molecular complexity index is 1040. The molecule has 3 aromatic carbocycles. The second-order valence-electron chi connectivity index (χ2n) is 9.95. The van der Waals surface area contributed by atoms with Gasteiger partial charge in [0.15, 0.2) is 0 Å². The van der Waals surface area contributed by atoms with Gasteiger partial charge >= 0.3 is 0 Å². The highest BCUT2D eigenvalue weighted by atomic mass is 16.6. The van der Waals surface area contributed by atoms with Crippen molar-refractivity contribution in [1.29, 1.82) is 0 Å². The lowest BCUT2D eigenvalue weighted by atomic mass is 9.76. The number of unbranched alkanes of at least 4 members (excludes halogenated alkanes) is 1. The highest BCUT2D eigenvalue weighted by Gasteiger charge is 2.52. The molecule has 0 amide bonds. The fraction of sp³-hybridized carbons (Fsp3) is 0.438. The summed E-state index contributed by atoms with van der Waals surface area (Å²) in [5.41, 5.74) is 3.08. The van der Waals surface area contributed by atoms with Crippen molar-refractivity contribution in [3.63, 3.8) is 0 Å². The van der Waals surface area contributed by atoms with Gasteiger partial charge in [0.25, 0.3) is 0 Å². The molecule has 0 aliphatic heterocycles. The summed E-state index contributed by atoms with van der Waals surface area (Å²) in [6.45, 7) is 3.78. The highest BCUT2D eigenvalue weighted by molar-refractivity contribution is 5.16. The first-order chi connectivity index (χ1) is 18.7. The molecule has 0 heterocycles. The summed E-state index contributed by atoms with van der Waals surface area (Å²) < 4.78 is 19.4. The molecule has 3 N–H and O–H groups in total. The molecule has 0 unspecified atom stereocenters. The van der Waals surface area contributed by atoms with E-state index < -0.39 is 30.5 Å². The molecule has 6 heteroatoms. The lowest BCUT2D eigenvalue weighted by Crippen LogP contribution is -2.67. The maximum Gasteiger partial charge on any atom is 0.114 e. The van der Waals surface area contributed by atoms with Crippen LogP contribution in [0.15, 0.2) is 91.0 Å². The third-order valence-corrected chi connectivity index (χ3v) is 7.21. The van der Waals surface area contributed by atoms with Crippen molar-refractivity contribution < 1.29 is 24.4 Å². The second-order valence-corrected chi connectivity index (χ2v) is 9.95. The quantitative estimate of drug-likeness (QED) is 0.273. The van der Waals surface area contributed by atoms with Gasteiger partial charge in [-0.15, -0.1) is 0 Å². The number of nitrogens with one attached hydrogen (secondary N) is 1. The van der Waals surface area contributed by atoms with Gasteiger partial charge in [0.05, 0.1) is 38.6 Å². The van der Waals surface area contributed by atoms with Crippen molar-refractivity contribution in [2.24, 2.45) is 5.92 Å². The van der Waals surface area contributed by atoms with Crippen LogP contribution in [0.2, 0.25) is 0 Å². The van der Waals surface area contributed by atoms with E-state index in [0.717, 1.165) is 36.1 Å². The molecule has 0 spiro atoms. The van der Waals surface area contributed by atoms with Crippen molar-refractivity contribution in [3.8, 4) is 0 Å². The summed E-state index contributed by atoms with van der Waals surface area (Å²) in [6, 6.07) is 29.5. The zero-order valence-electron chi connectivity index (χ0n) is 22.2. The van der Waals surface area contributed by atoms with Crippen LogP contribution >= 0.6 is 0 Å². The van der Waals surface area contributed by atoms with Gasteiger partial charge in [-0.05, 0) is 29.7 Å². The van der Waals surface area contributed by atoms with E-state index in [-0.39, 0.29) is 12.5 Å². The lowest BCUT2D eigenvalue weighted by molar-refractivity contribution is -0.231. The van der Waals surface area contributed by atoms with Crippen molar-refractivity contribution in [1.82, 2.24) is 5.32 Å². The Kier molecular flexibility index (Phi) is 11.3. The van der Waals surface area contributed by atoms with E-state index in [1.165, 1.54) is 0 Å². The maximum atomic E-state index is 11.6. The number of hydrogen-bond acceptors (Lipinski definition) is 6. The second kappa shape index (κ2) is 15.1. The van der Waals surface area contributed by atoms with Gasteiger partial charge in [0.2, 0.25) is 0 Å². The van der Waals surface area contributed by atoms with Gasteiger partial charge in [-0.1, -0.05) is 104 Å². The number of benzene rings is 3. The van der Waals surface area contributed by atoms with Crippen molar-refractivity contribution >= 4 is 0 Å². The predicted molar refractivity (Wildman–Crippen MR) is 148 cm³/mol. The van der Waals surface area contributed by atoms with Crippen molar-refractivity contribution in [2.45, 2.75) is 70.0 Å². The van der Waals surface area contributed by atoms with E-state index in [4.69, 9.17) is 14.2 Å². The summed E-state index contributed by atoms with van der Waals surface area (Å²) >= 11 is 0. The molecule has 38 heavy (non-hydrogen) atoms. The maximum absolute atomic E-state index is 11.6. The SMILES string of the molecule is CCCCN[C@@H]1[C@@H](O)[C@H](OCc2ccccc2)[C@@H](OCc2ccccc2)[C@H](OCc2ccccc2)[C@@H]1CO. The van der Waals surface area contributed by atoms with E-state index in [1.807, 2.05) is 91.0 Å². The normalized spacial score (nSPS) is 25.3. The minimum Gasteiger partial charge on any atom is -0.396 e. The zero-order valence-corrected chi connectivity index (χ0v) is 22.2. The molecule has 0 radical (unpaired) electrons. The monoisotopic (exact) mass is 519 g/mol. The Hall–Kier alpha value is -2.58. The molecule has 4 rings (SSSR count). The number of ether oxygens (including phenoxy) is 3. The summed E-state index contributed by atoms with van der Waals surface area (Å²) in [5, 5.41) is 25.7. The molecule has 6 atom stereocenters. The molecule has 3 aromatic rings. The molecule has 1 aliphatic rings. The molecule has 1 fully saturated rings. The summed E-state index contributed by atoms with van der Waals surface area (Å²) in [4.78, 5) is 0. The van der Waals surface area contributed by atoms with Crippen LogP contribution < -0.4 is 5.32 Å². The van der Waals surface area contributed by atoms with Crippen LogP contribution in [0.1, 0.15) is 36.5 Å². The van der Waals surface area contributed by atoms with Crippen LogP contribution in [0.25, 0.3) is 0 Å². The molecular formula is C32H41NO5. The fourth-order valence-electron chi connectivity index (χ4n) is 5.12. The summed E-state index contributed by atoms with van der Waals surface area (Å²) in [6.07, 6.45) is -0.608. The van der Waals surface area contributed by atoms with Gasteiger partial charge in [-0.3, -0.25) is 0 Å². The molecule has 0 bridgehead atoms. The van der Waals surface area contributed by atoms with Crippen molar-refractivity contribution in [3.05, 3.63) is 108 Å². The lowest BCUT2D eigenvalue weighted by Gasteiger charge is -2.49. The minimum absolute atomic E-state index is 0.142. The number of rotatable bonds is 14. The summed E-state index contributed by atoms with van der Waals surface area (Å²) in [5.74, 6) is -0.372. The van der Waals surface area contributed by atoms with Crippen LogP contribution in [0.3, 0.4) is 0 Å². The Morgan fingerprint density at radius 1 is 0.658 bits per heavy atom. The largest absolute Gasteiger partial charge is 0.396 e. The van der Waals surface area contributed by atoms with Crippen LogP contribution in [-0.4, -0.2) is 53.8 Å². The summed E-state index contributed by atoms with van der Waals surface area (Å²) in [7, 11) is 0. The molecular weight excluding hydrogens is 478 g/mol. The molecule has 0 aromatic heterocycles. The Morgan fingerprint density at radius 2 is 1.11 bits per heavy atom. The number of aliphatic hydroxyl groups excluding tert-OH is 2. The minimum atomic E-state index is -0.884. The first-order valence-electron chi connectivity index (χ1n) is 13.7.